The van der Waals surface area contributed by atoms with Crippen LogP contribution in [-0.2, 0) is 4.79 Å². The molecule has 8 heteroatoms. The predicted molar refractivity (Wildman–Crippen MR) is 103 cm³/mol. The fourth-order valence-electron chi connectivity index (χ4n) is 2.71. The Morgan fingerprint density at radius 3 is 2.32 bits per heavy atom. The molecular weight excluding hydrogens is 358 g/mol. The summed E-state index contributed by atoms with van der Waals surface area (Å²) in [6, 6.07) is 7.56. The molecule has 0 radical (unpaired) electrons. The minimum absolute atomic E-state index is 0.0530. The molecule has 0 bridgehead atoms. The highest BCUT2D eigenvalue weighted by molar-refractivity contribution is 8.00. The number of nitrogens with zero attached hydrogens (tertiary/aromatic N) is 4. The van der Waals surface area contributed by atoms with Crippen molar-refractivity contribution in [3.63, 3.8) is 0 Å². The predicted octanol–water partition coefficient (Wildman–Crippen LogP) is 3.44. The van der Waals surface area contributed by atoms with Crippen LogP contribution in [0.25, 0.3) is 11.4 Å². The first-order valence-corrected chi connectivity index (χ1v) is 9.44. The summed E-state index contributed by atoms with van der Waals surface area (Å²) in [5, 5.41) is 8.96. The summed E-state index contributed by atoms with van der Waals surface area (Å²) >= 11 is 7.50. The van der Waals surface area contributed by atoms with E-state index in [2.05, 4.69) is 10.2 Å². The van der Waals surface area contributed by atoms with E-state index in [4.69, 9.17) is 17.4 Å². The molecule has 136 valence electrons. The van der Waals surface area contributed by atoms with Gasteiger partial charge in [-0.1, -0.05) is 35.5 Å². The number of carbonyl (C=O) groups is 1. The van der Waals surface area contributed by atoms with E-state index in [1.165, 1.54) is 16.4 Å². The van der Waals surface area contributed by atoms with Crippen molar-refractivity contribution in [2.24, 2.45) is 0 Å². The van der Waals surface area contributed by atoms with Crippen LogP contribution in [-0.4, -0.2) is 43.0 Å². The Hall–Kier alpha value is -1.73. The zero-order chi connectivity index (χ0) is 18.7. The van der Waals surface area contributed by atoms with Crippen molar-refractivity contribution in [2.75, 3.05) is 5.84 Å². The van der Waals surface area contributed by atoms with Gasteiger partial charge in [0.1, 0.15) is 0 Å². The van der Waals surface area contributed by atoms with Crippen molar-refractivity contribution >= 4 is 29.3 Å². The number of rotatable bonds is 6. The van der Waals surface area contributed by atoms with Gasteiger partial charge in [-0.15, -0.1) is 10.2 Å². The Bertz CT molecular complexity index is 738. The Morgan fingerprint density at radius 2 is 1.76 bits per heavy atom. The standard InChI is InChI=1S/C17H24ClN5OS/c1-10(2)22(11(3)4)16(24)12(5)25-17-21-20-15(23(17)19)13-8-6-7-9-14(13)18/h6-12H,19H2,1-5H3/t12-/m1/s1. The highest BCUT2D eigenvalue weighted by Crippen LogP contribution is 2.29. The molecule has 1 amide bonds. The third kappa shape index (κ3) is 4.27. The summed E-state index contributed by atoms with van der Waals surface area (Å²) in [6.45, 7) is 9.90. The molecular formula is C17H24ClN5OS. The summed E-state index contributed by atoms with van der Waals surface area (Å²) in [5.74, 6) is 6.66. The minimum Gasteiger partial charge on any atom is -0.337 e. The Kier molecular flexibility index (Phi) is 6.35. The van der Waals surface area contributed by atoms with Gasteiger partial charge in [0.15, 0.2) is 5.82 Å². The maximum absolute atomic E-state index is 12.8. The van der Waals surface area contributed by atoms with Crippen LogP contribution in [0.1, 0.15) is 34.6 Å². The van der Waals surface area contributed by atoms with Crippen molar-refractivity contribution in [1.29, 1.82) is 0 Å². The van der Waals surface area contributed by atoms with E-state index >= 15 is 0 Å². The fourth-order valence-corrected chi connectivity index (χ4v) is 3.75. The largest absolute Gasteiger partial charge is 0.337 e. The number of thioether (sulfide) groups is 1. The second-order valence-corrected chi connectivity index (χ2v) is 8.06. The van der Waals surface area contributed by atoms with Gasteiger partial charge in [0.2, 0.25) is 11.1 Å². The number of nitrogen functional groups attached to an aromatic ring is 1. The molecule has 25 heavy (non-hydrogen) atoms. The lowest BCUT2D eigenvalue weighted by molar-refractivity contribution is -0.133. The van der Waals surface area contributed by atoms with Crippen molar-refractivity contribution < 1.29 is 4.79 Å². The van der Waals surface area contributed by atoms with Gasteiger partial charge in [-0.05, 0) is 46.8 Å². The number of aromatic nitrogens is 3. The highest BCUT2D eigenvalue weighted by atomic mass is 35.5. The van der Waals surface area contributed by atoms with Crippen molar-refractivity contribution in [3.8, 4) is 11.4 Å². The zero-order valence-corrected chi connectivity index (χ0v) is 16.7. The van der Waals surface area contributed by atoms with E-state index in [1.54, 1.807) is 6.07 Å². The summed E-state index contributed by atoms with van der Waals surface area (Å²) in [6.07, 6.45) is 0. The molecule has 1 aromatic carbocycles. The van der Waals surface area contributed by atoms with E-state index in [0.717, 1.165) is 0 Å². The molecule has 0 saturated carbocycles. The zero-order valence-electron chi connectivity index (χ0n) is 15.1. The monoisotopic (exact) mass is 381 g/mol. The average Bonchev–Trinajstić information content (AvgIpc) is 2.88. The third-order valence-corrected chi connectivity index (χ3v) is 5.15. The van der Waals surface area contributed by atoms with Crippen LogP contribution in [0.5, 0.6) is 0 Å². The number of hydrogen-bond acceptors (Lipinski definition) is 5. The molecule has 0 spiro atoms. The lowest BCUT2D eigenvalue weighted by atomic mass is 10.2. The average molecular weight is 382 g/mol. The van der Waals surface area contributed by atoms with Gasteiger partial charge in [-0.3, -0.25) is 4.79 Å². The van der Waals surface area contributed by atoms with E-state index in [1.807, 2.05) is 57.7 Å². The van der Waals surface area contributed by atoms with E-state index in [9.17, 15) is 4.79 Å². The Morgan fingerprint density at radius 1 is 1.16 bits per heavy atom. The van der Waals surface area contributed by atoms with Gasteiger partial charge in [0.25, 0.3) is 0 Å². The molecule has 0 aliphatic heterocycles. The molecule has 0 fully saturated rings. The number of nitrogens with two attached hydrogens (primary N) is 1. The number of halogens is 1. The van der Waals surface area contributed by atoms with Crippen LogP contribution in [0.2, 0.25) is 5.02 Å². The minimum atomic E-state index is -0.324. The molecule has 6 nitrogen and oxygen atoms in total. The van der Waals surface area contributed by atoms with Crippen molar-refractivity contribution in [3.05, 3.63) is 29.3 Å². The van der Waals surface area contributed by atoms with Crippen molar-refractivity contribution in [2.45, 2.75) is 57.1 Å². The molecule has 0 aliphatic rings. The summed E-state index contributed by atoms with van der Waals surface area (Å²) < 4.78 is 1.38. The van der Waals surface area contributed by atoms with E-state index < -0.39 is 0 Å². The number of carbonyl (C=O) groups excluding carboxylic acids is 1. The topological polar surface area (TPSA) is 77.0 Å². The second-order valence-electron chi connectivity index (χ2n) is 6.35. The number of hydrogen-bond donors (Lipinski definition) is 1. The van der Waals surface area contributed by atoms with Gasteiger partial charge in [-0.25, -0.2) is 4.68 Å². The van der Waals surface area contributed by atoms with Gasteiger partial charge in [0, 0.05) is 17.6 Å². The molecule has 0 aliphatic carbocycles. The Balaban J connectivity index is 2.21. The molecule has 1 aromatic heterocycles. The van der Waals surface area contributed by atoms with Crippen LogP contribution in [0.3, 0.4) is 0 Å². The first-order chi connectivity index (χ1) is 11.7. The van der Waals surface area contributed by atoms with Crippen LogP contribution >= 0.6 is 23.4 Å². The summed E-state index contributed by atoms with van der Waals surface area (Å²) in [7, 11) is 0. The maximum Gasteiger partial charge on any atom is 0.236 e. The first kappa shape index (κ1) is 19.6. The summed E-state index contributed by atoms with van der Waals surface area (Å²) in [4.78, 5) is 14.6. The third-order valence-electron chi connectivity index (χ3n) is 3.78. The SMILES string of the molecule is CC(C)N(C(=O)[C@@H](C)Sc1nnc(-c2ccccc2Cl)n1N)C(C)C. The highest BCUT2D eigenvalue weighted by Gasteiger charge is 2.27. The fraction of sp³-hybridized carbons (Fsp3) is 0.471. The van der Waals surface area contributed by atoms with Gasteiger partial charge in [0.05, 0.1) is 10.3 Å². The lowest BCUT2D eigenvalue weighted by Gasteiger charge is -2.32. The quantitative estimate of drug-likeness (QED) is 0.612. The van der Waals surface area contributed by atoms with Gasteiger partial charge < -0.3 is 10.7 Å². The molecule has 0 saturated heterocycles. The summed E-state index contributed by atoms with van der Waals surface area (Å²) in [5.41, 5.74) is 0.705. The van der Waals surface area contributed by atoms with Crippen LogP contribution in [0.15, 0.2) is 29.4 Å². The lowest BCUT2D eigenvalue weighted by Crippen LogP contribution is -2.45. The molecule has 2 aromatic rings. The van der Waals surface area contributed by atoms with Crippen LogP contribution < -0.4 is 5.84 Å². The molecule has 0 unspecified atom stereocenters. The smallest absolute Gasteiger partial charge is 0.236 e. The van der Waals surface area contributed by atoms with Crippen LogP contribution in [0.4, 0.5) is 0 Å². The van der Waals surface area contributed by atoms with Gasteiger partial charge >= 0.3 is 0 Å². The maximum atomic E-state index is 12.8. The first-order valence-electron chi connectivity index (χ1n) is 8.18. The van der Waals surface area contributed by atoms with Gasteiger partial charge in [-0.2, -0.15) is 0 Å². The second kappa shape index (κ2) is 8.10. The molecule has 2 N–H and O–H groups in total. The van der Waals surface area contributed by atoms with E-state index in [0.29, 0.717) is 21.6 Å². The molecule has 1 atom stereocenters. The molecule has 1 heterocycles. The normalized spacial score (nSPS) is 12.6. The van der Waals surface area contributed by atoms with E-state index in [-0.39, 0.29) is 23.2 Å². The number of benzene rings is 1. The number of amides is 1. The van der Waals surface area contributed by atoms with Crippen molar-refractivity contribution in [1.82, 2.24) is 19.8 Å². The Labute approximate surface area is 157 Å². The van der Waals surface area contributed by atoms with Crippen LogP contribution in [0, 0.1) is 0 Å². The molecule has 2 rings (SSSR count).